The van der Waals surface area contributed by atoms with Gasteiger partial charge in [-0.3, -0.25) is 9.78 Å². The highest BCUT2D eigenvalue weighted by Gasteiger charge is 2.35. The predicted octanol–water partition coefficient (Wildman–Crippen LogP) is 2.95. The Morgan fingerprint density at radius 2 is 2.29 bits per heavy atom. The molecule has 0 amide bonds. The molecule has 0 saturated heterocycles. The number of hydrogen-bond acceptors (Lipinski definition) is 3. The van der Waals surface area contributed by atoms with Crippen molar-refractivity contribution in [1.29, 1.82) is 0 Å². The molecule has 0 bridgehead atoms. The number of hydrogen-bond donors (Lipinski definition) is 2. The molecule has 0 radical (unpaired) electrons. The van der Waals surface area contributed by atoms with E-state index in [1.807, 2.05) is 12.1 Å². The summed E-state index contributed by atoms with van der Waals surface area (Å²) in [6, 6.07) is 8.28. The minimum atomic E-state index is -0.142. The van der Waals surface area contributed by atoms with Gasteiger partial charge in [0.15, 0.2) is 0 Å². The lowest BCUT2D eigenvalue weighted by molar-refractivity contribution is 0.377. The molecule has 1 atom stereocenters. The number of nitrogens with one attached hydrogen (secondary N) is 1. The molecule has 1 aliphatic rings. The molecule has 2 aromatic rings. The van der Waals surface area contributed by atoms with E-state index in [1.54, 1.807) is 0 Å². The molecule has 1 aromatic carbocycles. The minimum absolute atomic E-state index is 0.0855. The van der Waals surface area contributed by atoms with Crippen LogP contribution in [0, 0.1) is 0 Å². The first-order chi connectivity index (χ1) is 9.98. The SMILES string of the molecule is CC1(Cc2cccc(Br)c2)CCCc2c1nc(N)[nH]c2=O. The highest BCUT2D eigenvalue weighted by molar-refractivity contribution is 9.10. The van der Waals surface area contributed by atoms with Crippen molar-refractivity contribution in [2.45, 2.75) is 38.0 Å². The van der Waals surface area contributed by atoms with E-state index in [0.29, 0.717) is 0 Å². The van der Waals surface area contributed by atoms with Crippen molar-refractivity contribution in [1.82, 2.24) is 9.97 Å². The first-order valence-electron chi connectivity index (χ1n) is 7.11. The molecule has 1 aromatic heterocycles. The van der Waals surface area contributed by atoms with Crippen LogP contribution >= 0.6 is 15.9 Å². The number of nitrogens with zero attached hydrogens (tertiary/aromatic N) is 1. The van der Waals surface area contributed by atoms with Crippen LogP contribution in [-0.4, -0.2) is 9.97 Å². The molecule has 0 saturated carbocycles. The van der Waals surface area contributed by atoms with Crippen molar-refractivity contribution in [3.63, 3.8) is 0 Å². The number of anilines is 1. The predicted molar refractivity (Wildman–Crippen MR) is 87.4 cm³/mol. The van der Waals surface area contributed by atoms with Crippen LogP contribution in [0.4, 0.5) is 5.95 Å². The molecule has 21 heavy (non-hydrogen) atoms. The lowest BCUT2D eigenvalue weighted by atomic mass is 9.71. The quantitative estimate of drug-likeness (QED) is 0.877. The van der Waals surface area contributed by atoms with Crippen LogP contribution < -0.4 is 11.3 Å². The fourth-order valence-electron chi connectivity index (χ4n) is 3.29. The summed E-state index contributed by atoms with van der Waals surface area (Å²) in [4.78, 5) is 19.2. The first kappa shape index (κ1) is 14.3. The number of benzene rings is 1. The third kappa shape index (κ3) is 2.75. The molecule has 5 heteroatoms. The summed E-state index contributed by atoms with van der Waals surface area (Å²) < 4.78 is 1.07. The van der Waals surface area contributed by atoms with Gasteiger partial charge in [0, 0.05) is 15.5 Å². The van der Waals surface area contributed by atoms with Crippen LogP contribution in [0.5, 0.6) is 0 Å². The number of aromatic amines is 1. The molecule has 0 spiro atoms. The average Bonchev–Trinajstić information content (AvgIpc) is 2.40. The Kier molecular flexibility index (Phi) is 3.61. The second-order valence-corrected chi connectivity index (χ2v) is 6.91. The Hall–Kier alpha value is -1.62. The topological polar surface area (TPSA) is 71.8 Å². The van der Waals surface area contributed by atoms with E-state index in [2.05, 4.69) is 45.0 Å². The van der Waals surface area contributed by atoms with Gasteiger partial charge in [-0.2, -0.15) is 0 Å². The summed E-state index contributed by atoms with van der Waals surface area (Å²) in [5.74, 6) is 0.209. The van der Waals surface area contributed by atoms with E-state index in [4.69, 9.17) is 5.73 Å². The molecule has 3 rings (SSSR count). The molecule has 0 aliphatic heterocycles. The number of nitrogens with two attached hydrogens (primary N) is 1. The molecule has 0 fully saturated rings. The van der Waals surface area contributed by atoms with Gasteiger partial charge in [0.2, 0.25) is 5.95 Å². The summed E-state index contributed by atoms with van der Waals surface area (Å²) in [5, 5.41) is 0. The zero-order valence-electron chi connectivity index (χ0n) is 11.9. The van der Waals surface area contributed by atoms with Gasteiger partial charge in [-0.15, -0.1) is 0 Å². The molecule has 4 nitrogen and oxygen atoms in total. The van der Waals surface area contributed by atoms with E-state index in [0.717, 1.165) is 41.4 Å². The standard InChI is InChI=1S/C16H18BrN3O/c1-16(9-10-4-2-5-11(17)8-10)7-3-6-12-13(16)19-15(18)20-14(12)21/h2,4-5,8H,3,6-7,9H2,1H3,(H3,18,19,20,21). The first-order valence-corrected chi connectivity index (χ1v) is 7.91. The maximum absolute atomic E-state index is 12.1. The van der Waals surface area contributed by atoms with Gasteiger partial charge in [-0.05, 0) is 43.4 Å². The van der Waals surface area contributed by atoms with Crippen LogP contribution in [0.2, 0.25) is 0 Å². The number of rotatable bonds is 2. The van der Waals surface area contributed by atoms with Crippen LogP contribution in [-0.2, 0) is 18.3 Å². The summed E-state index contributed by atoms with van der Waals surface area (Å²) in [6.07, 6.45) is 3.66. The Morgan fingerprint density at radius 3 is 3.05 bits per heavy atom. The summed E-state index contributed by atoms with van der Waals surface area (Å²) in [6.45, 7) is 2.18. The largest absolute Gasteiger partial charge is 0.369 e. The summed E-state index contributed by atoms with van der Waals surface area (Å²) >= 11 is 3.51. The van der Waals surface area contributed by atoms with Crippen molar-refractivity contribution in [2.24, 2.45) is 0 Å². The Labute approximate surface area is 131 Å². The zero-order valence-corrected chi connectivity index (χ0v) is 13.5. The van der Waals surface area contributed by atoms with Crippen molar-refractivity contribution in [2.75, 3.05) is 5.73 Å². The molecule has 1 unspecified atom stereocenters. The molecule has 3 N–H and O–H groups in total. The van der Waals surface area contributed by atoms with Gasteiger partial charge in [0.05, 0.1) is 5.69 Å². The van der Waals surface area contributed by atoms with Gasteiger partial charge >= 0.3 is 0 Å². The fraction of sp³-hybridized carbons (Fsp3) is 0.375. The number of aromatic nitrogens is 2. The van der Waals surface area contributed by atoms with E-state index >= 15 is 0 Å². The van der Waals surface area contributed by atoms with Crippen LogP contribution in [0.15, 0.2) is 33.5 Å². The van der Waals surface area contributed by atoms with Crippen molar-refractivity contribution in [3.8, 4) is 0 Å². The van der Waals surface area contributed by atoms with E-state index in [9.17, 15) is 4.79 Å². The van der Waals surface area contributed by atoms with Gasteiger partial charge in [0.1, 0.15) is 0 Å². The molecule has 1 heterocycles. The van der Waals surface area contributed by atoms with Gasteiger partial charge in [-0.1, -0.05) is 35.0 Å². The van der Waals surface area contributed by atoms with Crippen molar-refractivity contribution < 1.29 is 0 Å². The Bertz CT molecular complexity index is 741. The number of nitrogen functional groups attached to an aromatic ring is 1. The molecular weight excluding hydrogens is 330 g/mol. The molecular formula is C16H18BrN3O. The lowest BCUT2D eigenvalue weighted by Gasteiger charge is -2.34. The van der Waals surface area contributed by atoms with Gasteiger partial charge in [-0.25, -0.2) is 4.98 Å². The van der Waals surface area contributed by atoms with E-state index in [-0.39, 0.29) is 16.9 Å². The van der Waals surface area contributed by atoms with Crippen molar-refractivity contribution in [3.05, 3.63) is 55.9 Å². The van der Waals surface area contributed by atoms with Gasteiger partial charge in [0.25, 0.3) is 5.56 Å². The maximum atomic E-state index is 12.1. The second kappa shape index (κ2) is 5.30. The monoisotopic (exact) mass is 347 g/mol. The average molecular weight is 348 g/mol. The maximum Gasteiger partial charge on any atom is 0.255 e. The highest BCUT2D eigenvalue weighted by atomic mass is 79.9. The summed E-state index contributed by atoms with van der Waals surface area (Å²) in [7, 11) is 0. The number of H-pyrrole nitrogens is 1. The van der Waals surface area contributed by atoms with Gasteiger partial charge < -0.3 is 5.73 Å². The van der Waals surface area contributed by atoms with Crippen LogP contribution in [0.1, 0.15) is 36.6 Å². The minimum Gasteiger partial charge on any atom is -0.369 e. The number of halogens is 1. The highest BCUT2D eigenvalue weighted by Crippen LogP contribution is 2.37. The smallest absolute Gasteiger partial charge is 0.255 e. The van der Waals surface area contributed by atoms with E-state index in [1.165, 1.54) is 5.56 Å². The normalized spacial score (nSPS) is 21.0. The third-order valence-electron chi connectivity index (χ3n) is 4.24. The Morgan fingerprint density at radius 1 is 1.48 bits per heavy atom. The second-order valence-electron chi connectivity index (χ2n) is 6.00. The van der Waals surface area contributed by atoms with Crippen LogP contribution in [0.25, 0.3) is 0 Å². The zero-order chi connectivity index (χ0) is 15.0. The number of fused-ring (bicyclic) bond motifs is 1. The van der Waals surface area contributed by atoms with Crippen LogP contribution in [0.3, 0.4) is 0 Å². The third-order valence-corrected chi connectivity index (χ3v) is 4.74. The molecule has 1 aliphatic carbocycles. The van der Waals surface area contributed by atoms with Crippen molar-refractivity contribution >= 4 is 21.9 Å². The van der Waals surface area contributed by atoms with E-state index < -0.39 is 0 Å². The lowest BCUT2D eigenvalue weighted by Crippen LogP contribution is -2.36. The Balaban J connectivity index is 2.05. The fourth-order valence-corrected chi connectivity index (χ4v) is 3.74. The molecule has 110 valence electrons. The summed E-state index contributed by atoms with van der Waals surface area (Å²) in [5.41, 5.74) is 8.43.